The van der Waals surface area contributed by atoms with Gasteiger partial charge in [0.05, 0.1) is 17.2 Å². The van der Waals surface area contributed by atoms with Crippen molar-refractivity contribution in [2.24, 2.45) is 5.41 Å². The first-order valence-electron chi connectivity index (χ1n) is 7.68. The van der Waals surface area contributed by atoms with Gasteiger partial charge in [-0.2, -0.15) is 5.10 Å². The maximum atomic E-state index is 11.4. The van der Waals surface area contributed by atoms with Crippen LogP contribution in [0.1, 0.15) is 66.1 Å². The van der Waals surface area contributed by atoms with Crippen molar-refractivity contribution in [3.63, 3.8) is 0 Å². The van der Waals surface area contributed by atoms with E-state index in [4.69, 9.17) is 0 Å². The summed E-state index contributed by atoms with van der Waals surface area (Å²) in [5.74, 6) is -0.803. The Bertz CT molecular complexity index is 474. The summed E-state index contributed by atoms with van der Waals surface area (Å²) in [6.07, 6.45) is 4.12. The molecule has 0 fully saturated rings. The van der Waals surface area contributed by atoms with E-state index in [1.807, 2.05) is 30.8 Å². The van der Waals surface area contributed by atoms with Crippen molar-refractivity contribution >= 4 is 5.97 Å². The third-order valence-corrected chi connectivity index (χ3v) is 4.79. The standard InChI is InChI=1S/C16H29N3O2/c1-7-13(8-2)19-10-9-12(18-19)11-17-16(5,6)15(3,4)14(20)21/h9-10,13,17H,7-8,11H2,1-6H3,(H,20,21). The van der Waals surface area contributed by atoms with Gasteiger partial charge in [0.15, 0.2) is 0 Å². The van der Waals surface area contributed by atoms with Gasteiger partial charge >= 0.3 is 5.97 Å². The predicted octanol–water partition coefficient (Wildman–Crippen LogP) is 3.22. The molecular formula is C16H29N3O2. The first-order valence-corrected chi connectivity index (χ1v) is 7.68. The van der Waals surface area contributed by atoms with Crippen LogP contribution in [0.2, 0.25) is 0 Å². The minimum absolute atomic E-state index is 0.433. The Morgan fingerprint density at radius 2 is 1.90 bits per heavy atom. The molecule has 1 aromatic heterocycles. The molecule has 5 nitrogen and oxygen atoms in total. The largest absolute Gasteiger partial charge is 0.481 e. The summed E-state index contributed by atoms with van der Waals surface area (Å²) in [6, 6.07) is 2.43. The van der Waals surface area contributed by atoms with Gasteiger partial charge in [-0.3, -0.25) is 9.48 Å². The van der Waals surface area contributed by atoms with Crippen LogP contribution < -0.4 is 5.32 Å². The fourth-order valence-electron chi connectivity index (χ4n) is 2.14. The highest BCUT2D eigenvalue weighted by Crippen LogP contribution is 2.30. The molecule has 2 N–H and O–H groups in total. The van der Waals surface area contributed by atoms with Crippen LogP contribution in [0.25, 0.3) is 0 Å². The topological polar surface area (TPSA) is 67.2 Å². The van der Waals surface area contributed by atoms with Gasteiger partial charge in [0.25, 0.3) is 0 Å². The lowest BCUT2D eigenvalue weighted by Crippen LogP contribution is -2.54. The molecule has 0 atom stereocenters. The van der Waals surface area contributed by atoms with Crippen molar-refractivity contribution in [1.29, 1.82) is 0 Å². The van der Waals surface area contributed by atoms with E-state index in [-0.39, 0.29) is 0 Å². The first-order chi connectivity index (χ1) is 9.65. The predicted molar refractivity (Wildman–Crippen MR) is 84.2 cm³/mol. The van der Waals surface area contributed by atoms with Crippen molar-refractivity contribution in [2.75, 3.05) is 0 Å². The van der Waals surface area contributed by atoms with Gasteiger partial charge in [-0.25, -0.2) is 0 Å². The van der Waals surface area contributed by atoms with Crippen LogP contribution in [0.4, 0.5) is 0 Å². The fraction of sp³-hybridized carbons (Fsp3) is 0.750. The van der Waals surface area contributed by atoms with Crippen LogP contribution in [0.15, 0.2) is 12.3 Å². The molecule has 21 heavy (non-hydrogen) atoms. The zero-order valence-corrected chi connectivity index (χ0v) is 14.1. The van der Waals surface area contributed by atoms with Gasteiger partial charge in [0.2, 0.25) is 0 Å². The number of hydrogen-bond acceptors (Lipinski definition) is 3. The quantitative estimate of drug-likeness (QED) is 0.772. The van der Waals surface area contributed by atoms with Gasteiger partial charge in [-0.15, -0.1) is 0 Å². The van der Waals surface area contributed by atoms with E-state index in [1.165, 1.54) is 0 Å². The molecule has 0 saturated carbocycles. The van der Waals surface area contributed by atoms with Crippen LogP contribution in [0, 0.1) is 5.41 Å². The summed E-state index contributed by atoms with van der Waals surface area (Å²) in [5.41, 5.74) is -0.446. The molecule has 0 aliphatic carbocycles. The van der Waals surface area contributed by atoms with Gasteiger partial charge in [0, 0.05) is 18.3 Å². The summed E-state index contributed by atoms with van der Waals surface area (Å²) in [4.78, 5) is 11.4. The lowest BCUT2D eigenvalue weighted by atomic mass is 9.74. The molecular weight excluding hydrogens is 266 g/mol. The Labute approximate surface area is 127 Å². The number of aromatic nitrogens is 2. The lowest BCUT2D eigenvalue weighted by molar-refractivity contribution is -0.151. The Balaban J connectivity index is 2.73. The molecule has 1 aromatic rings. The molecule has 1 rings (SSSR count). The highest BCUT2D eigenvalue weighted by atomic mass is 16.4. The van der Waals surface area contributed by atoms with E-state index in [2.05, 4.69) is 24.3 Å². The van der Waals surface area contributed by atoms with Crippen LogP contribution in [-0.4, -0.2) is 26.4 Å². The minimum atomic E-state index is -0.856. The summed E-state index contributed by atoms with van der Waals surface area (Å²) in [5, 5.41) is 17.3. The average molecular weight is 295 g/mol. The number of carboxylic acid groups (broad SMARTS) is 1. The summed E-state index contributed by atoms with van der Waals surface area (Å²) in [7, 11) is 0. The molecule has 0 unspecified atom stereocenters. The summed E-state index contributed by atoms with van der Waals surface area (Å²) >= 11 is 0. The molecule has 0 spiro atoms. The van der Waals surface area contributed by atoms with Gasteiger partial charge in [-0.1, -0.05) is 13.8 Å². The van der Waals surface area contributed by atoms with E-state index in [1.54, 1.807) is 13.8 Å². The molecule has 120 valence electrons. The molecule has 0 aliphatic heterocycles. The zero-order chi connectivity index (χ0) is 16.3. The number of carboxylic acids is 1. The van der Waals surface area contributed by atoms with E-state index in [9.17, 15) is 9.90 Å². The normalized spacial score (nSPS) is 12.9. The average Bonchev–Trinajstić information content (AvgIpc) is 2.86. The SMILES string of the molecule is CCC(CC)n1ccc(CNC(C)(C)C(C)(C)C(=O)O)n1. The molecule has 1 heterocycles. The Morgan fingerprint density at radius 1 is 1.33 bits per heavy atom. The molecule has 0 aromatic carbocycles. The highest BCUT2D eigenvalue weighted by Gasteiger charge is 2.43. The molecule has 0 bridgehead atoms. The van der Waals surface area contributed by atoms with Gasteiger partial charge in [-0.05, 0) is 46.6 Å². The van der Waals surface area contributed by atoms with Crippen molar-refractivity contribution in [1.82, 2.24) is 15.1 Å². The first kappa shape index (κ1) is 17.7. The van der Waals surface area contributed by atoms with Crippen molar-refractivity contribution in [3.8, 4) is 0 Å². The summed E-state index contributed by atoms with van der Waals surface area (Å²) < 4.78 is 2.01. The zero-order valence-electron chi connectivity index (χ0n) is 14.1. The van der Waals surface area contributed by atoms with E-state index in [0.29, 0.717) is 12.6 Å². The maximum Gasteiger partial charge on any atom is 0.310 e. The van der Waals surface area contributed by atoms with Gasteiger partial charge < -0.3 is 10.4 Å². The Hall–Kier alpha value is -1.36. The van der Waals surface area contributed by atoms with Gasteiger partial charge in [0.1, 0.15) is 0 Å². The second-order valence-corrected chi connectivity index (χ2v) is 6.67. The van der Waals surface area contributed by atoms with Crippen LogP contribution in [0.3, 0.4) is 0 Å². The number of carbonyl (C=O) groups is 1. The highest BCUT2D eigenvalue weighted by molar-refractivity contribution is 5.75. The number of nitrogens with zero attached hydrogens (tertiary/aromatic N) is 2. The van der Waals surface area contributed by atoms with Crippen molar-refractivity contribution in [2.45, 2.75) is 72.5 Å². The van der Waals surface area contributed by atoms with Crippen LogP contribution in [0.5, 0.6) is 0 Å². The second kappa shape index (κ2) is 6.60. The monoisotopic (exact) mass is 295 g/mol. The van der Waals surface area contributed by atoms with Crippen LogP contribution in [-0.2, 0) is 11.3 Å². The molecule has 5 heteroatoms. The molecule has 0 amide bonds. The van der Waals surface area contributed by atoms with E-state index >= 15 is 0 Å². The van der Waals surface area contributed by atoms with Crippen molar-refractivity contribution in [3.05, 3.63) is 18.0 Å². The Morgan fingerprint density at radius 3 is 2.38 bits per heavy atom. The number of hydrogen-bond donors (Lipinski definition) is 2. The third kappa shape index (κ3) is 3.84. The number of rotatable bonds is 8. The fourth-order valence-corrected chi connectivity index (χ4v) is 2.14. The smallest absolute Gasteiger partial charge is 0.310 e. The minimum Gasteiger partial charge on any atom is -0.481 e. The molecule has 0 radical (unpaired) electrons. The Kier molecular flexibility index (Phi) is 5.56. The third-order valence-electron chi connectivity index (χ3n) is 4.79. The lowest BCUT2D eigenvalue weighted by Gasteiger charge is -2.38. The molecule has 0 saturated heterocycles. The molecule has 0 aliphatic rings. The van der Waals surface area contributed by atoms with Crippen LogP contribution >= 0.6 is 0 Å². The second-order valence-electron chi connectivity index (χ2n) is 6.67. The number of nitrogens with one attached hydrogen (secondary N) is 1. The van der Waals surface area contributed by atoms with Crippen molar-refractivity contribution < 1.29 is 9.90 Å². The van der Waals surface area contributed by atoms with E-state index in [0.717, 1.165) is 18.5 Å². The summed E-state index contributed by atoms with van der Waals surface area (Å²) in [6.45, 7) is 12.2. The maximum absolute atomic E-state index is 11.4. The van der Waals surface area contributed by atoms with E-state index < -0.39 is 16.9 Å². The number of aliphatic carboxylic acids is 1.